The first-order valence-electron chi connectivity index (χ1n) is 6.02. The highest BCUT2D eigenvalue weighted by Crippen LogP contribution is 2.39. The Bertz CT molecular complexity index is 585. The number of methoxy groups -OCH3 is 1. The van der Waals surface area contributed by atoms with E-state index in [0.717, 1.165) is 30.2 Å². The first-order chi connectivity index (χ1) is 9.74. The fourth-order valence-corrected chi connectivity index (χ4v) is 2.20. The quantitative estimate of drug-likeness (QED) is 0.929. The van der Waals surface area contributed by atoms with E-state index in [1.54, 1.807) is 0 Å². The number of carbonyl (C=O) groups excluding carboxylic acids is 1. The fraction of sp³-hybridized carbons (Fsp3) is 0.385. The molecule has 0 bridgehead atoms. The molecule has 1 atom stereocenters. The summed E-state index contributed by atoms with van der Waals surface area (Å²) in [6.07, 6.45) is -4.73. The normalized spacial score (nSPS) is 19.0. The minimum atomic E-state index is -4.57. The zero-order valence-electron chi connectivity index (χ0n) is 11.0. The molecule has 0 radical (unpaired) electrons. The van der Waals surface area contributed by atoms with Crippen molar-refractivity contribution in [3.05, 3.63) is 23.8 Å². The van der Waals surface area contributed by atoms with Gasteiger partial charge in [0.2, 0.25) is 5.91 Å². The number of halogens is 3. The van der Waals surface area contributed by atoms with Crippen molar-refractivity contribution in [3.63, 3.8) is 0 Å². The zero-order valence-corrected chi connectivity index (χ0v) is 11.0. The van der Waals surface area contributed by atoms with Crippen molar-refractivity contribution in [1.82, 2.24) is 0 Å². The largest absolute Gasteiger partial charge is 0.496 e. The summed E-state index contributed by atoms with van der Waals surface area (Å²) in [5.74, 6) is -2.81. The summed E-state index contributed by atoms with van der Waals surface area (Å²) in [5.41, 5.74) is -0.760. The van der Waals surface area contributed by atoms with Crippen molar-refractivity contribution in [2.75, 3.05) is 18.6 Å². The van der Waals surface area contributed by atoms with Gasteiger partial charge in [0, 0.05) is 24.7 Å². The van der Waals surface area contributed by atoms with Crippen LogP contribution in [-0.4, -0.2) is 30.6 Å². The number of nitrogens with zero attached hydrogens (tertiary/aromatic N) is 1. The fourth-order valence-electron chi connectivity index (χ4n) is 2.20. The molecule has 8 heteroatoms. The molecule has 0 saturated carbocycles. The summed E-state index contributed by atoms with van der Waals surface area (Å²) in [4.78, 5) is 23.8. The molecule has 2 rings (SSSR count). The molecule has 1 aromatic carbocycles. The summed E-state index contributed by atoms with van der Waals surface area (Å²) in [5, 5.41) is 8.89. The van der Waals surface area contributed by atoms with Crippen LogP contribution in [0.3, 0.4) is 0 Å². The van der Waals surface area contributed by atoms with Crippen molar-refractivity contribution in [1.29, 1.82) is 0 Å². The third-order valence-electron chi connectivity index (χ3n) is 3.28. The monoisotopic (exact) mass is 303 g/mol. The van der Waals surface area contributed by atoms with Crippen LogP contribution in [-0.2, 0) is 15.8 Å². The van der Waals surface area contributed by atoms with Crippen LogP contribution in [0, 0.1) is 5.92 Å². The predicted octanol–water partition coefficient (Wildman–Crippen LogP) is 2.15. The minimum Gasteiger partial charge on any atom is -0.496 e. The van der Waals surface area contributed by atoms with Crippen LogP contribution in [0.4, 0.5) is 18.9 Å². The molecule has 1 N–H and O–H groups in total. The van der Waals surface area contributed by atoms with Crippen LogP contribution < -0.4 is 9.64 Å². The number of benzene rings is 1. The van der Waals surface area contributed by atoms with Crippen molar-refractivity contribution < 1.29 is 32.6 Å². The van der Waals surface area contributed by atoms with Crippen LogP contribution in [0.25, 0.3) is 0 Å². The topological polar surface area (TPSA) is 66.8 Å². The number of alkyl halides is 3. The van der Waals surface area contributed by atoms with Gasteiger partial charge in [-0.05, 0) is 12.1 Å². The Morgan fingerprint density at radius 3 is 2.57 bits per heavy atom. The number of carboxylic acid groups (broad SMARTS) is 1. The SMILES string of the molecule is COc1cc(N2CC(C(=O)O)CC2=O)ccc1C(F)(F)F. The van der Waals surface area contributed by atoms with Crippen LogP contribution in [0.15, 0.2) is 18.2 Å². The predicted molar refractivity (Wildman–Crippen MR) is 66.1 cm³/mol. The molecule has 0 spiro atoms. The first kappa shape index (κ1) is 15.1. The van der Waals surface area contributed by atoms with Gasteiger partial charge < -0.3 is 14.7 Å². The van der Waals surface area contributed by atoms with Gasteiger partial charge in [0.05, 0.1) is 18.6 Å². The molecule has 1 aliphatic rings. The van der Waals surface area contributed by atoms with Gasteiger partial charge in [0.1, 0.15) is 5.75 Å². The summed E-state index contributed by atoms with van der Waals surface area (Å²) in [6, 6.07) is 3.04. The molecule has 21 heavy (non-hydrogen) atoms. The lowest BCUT2D eigenvalue weighted by Gasteiger charge is -2.19. The van der Waals surface area contributed by atoms with Gasteiger partial charge >= 0.3 is 12.1 Å². The number of rotatable bonds is 3. The van der Waals surface area contributed by atoms with Crippen LogP contribution in [0.2, 0.25) is 0 Å². The molecule has 1 saturated heterocycles. The van der Waals surface area contributed by atoms with E-state index < -0.39 is 35.3 Å². The molecule has 0 aliphatic carbocycles. The van der Waals surface area contributed by atoms with Crippen LogP contribution in [0.5, 0.6) is 5.75 Å². The van der Waals surface area contributed by atoms with Crippen molar-refractivity contribution >= 4 is 17.6 Å². The van der Waals surface area contributed by atoms with Crippen molar-refractivity contribution in [2.24, 2.45) is 5.92 Å². The first-order valence-corrected chi connectivity index (χ1v) is 6.02. The highest BCUT2D eigenvalue weighted by molar-refractivity contribution is 5.99. The number of anilines is 1. The summed E-state index contributed by atoms with van der Waals surface area (Å²) in [6.45, 7) is -0.0668. The van der Waals surface area contributed by atoms with E-state index in [-0.39, 0.29) is 18.7 Å². The van der Waals surface area contributed by atoms with Crippen molar-refractivity contribution in [2.45, 2.75) is 12.6 Å². The van der Waals surface area contributed by atoms with Crippen LogP contribution in [0.1, 0.15) is 12.0 Å². The maximum atomic E-state index is 12.8. The Hall–Kier alpha value is -2.25. The average molecular weight is 303 g/mol. The highest BCUT2D eigenvalue weighted by atomic mass is 19.4. The van der Waals surface area contributed by atoms with E-state index in [9.17, 15) is 22.8 Å². The number of carbonyl (C=O) groups is 2. The molecule has 1 heterocycles. The number of ether oxygens (including phenoxy) is 1. The molecular formula is C13H12F3NO4. The molecule has 1 unspecified atom stereocenters. The maximum Gasteiger partial charge on any atom is 0.419 e. The maximum absolute atomic E-state index is 12.8. The molecule has 1 amide bonds. The van der Waals surface area contributed by atoms with Crippen molar-refractivity contribution in [3.8, 4) is 5.75 Å². The Kier molecular flexibility index (Phi) is 3.80. The van der Waals surface area contributed by atoms with Crippen LogP contribution >= 0.6 is 0 Å². The summed E-state index contributed by atoms with van der Waals surface area (Å²) in [7, 11) is 1.10. The van der Waals surface area contributed by atoms with Gasteiger partial charge in [-0.15, -0.1) is 0 Å². The molecule has 114 valence electrons. The van der Waals surface area contributed by atoms with E-state index in [1.165, 1.54) is 0 Å². The minimum absolute atomic E-state index is 0.0668. The molecule has 1 aliphatic heterocycles. The third-order valence-corrected chi connectivity index (χ3v) is 3.28. The summed E-state index contributed by atoms with van der Waals surface area (Å²) < 4.78 is 43.0. The number of hydrogen-bond donors (Lipinski definition) is 1. The second-order valence-electron chi connectivity index (χ2n) is 4.63. The van der Waals surface area contributed by atoms with E-state index in [2.05, 4.69) is 0 Å². The standard InChI is InChI=1S/C13H12F3NO4/c1-21-10-5-8(2-3-9(10)13(14,15)16)17-6-7(12(19)20)4-11(17)18/h2-3,5,7H,4,6H2,1H3,(H,19,20). The average Bonchev–Trinajstić information content (AvgIpc) is 2.79. The van der Waals surface area contributed by atoms with E-state index in [4.69, 9.17) is 9.84 Å². The van der Waals surface area contributed by atoms with Gasteiger partial charge in [0.15, 0.2) is 0 Å². The van der Waals surface area contributed by atoms with Gasteiger partial charge in [-0.1, -0.05) is 0 Å². The molecular weight excluding hydrogens is 291 g/mol. The Labute approximate surface area is 117 Å². The molecule has 0 aromatic heterocycles. The lowest BCUT2D eigenvalue weighted by atomic mass is 10.1. The molecule has 5 nitrogen and oxygen atoms in total. The smallest absolute Gasteiger partial charge is 0.419 e. The highest BCUT2D eigenvalue weighted by Gasteiger charge is 2.37. The lowest BCUT2D eigenvalue weighted by molar-refractivity contribution is -0.141. The Morgan fingerprint density at radius 2 is 2.10 bits per heavy atom. The molecule has 1 aromatic rings. The van der Waals surface area contributed by atoms with Gasteiger partial charge in [-0.25, -0.2) is 0 Å². The summed E-state index contributed by atoms with van der Waals surface area (Å²) >= 11 is 0. The Morgan fingerprint density at radius 1 is 1.43 bits per heavy atom. The second kappa shape index (κ2) is 5.27. The third kappa shape index (κ3) is 2.93. The number of amides is 1. The number of aliphatic carboxylic acids is 1. The number of carboxylic acids is 1. The zero-order chi connectivity index (χ0) is 15.8. The van der Waals surface area contributed by atoms with Gasteiger partial charge in [0.25, 0.3) is 0 Å². The number of hydrogen-bond acceptors (Lipinski definition) is 3. The van der Waals surface area contributed by atoms with E-state index in [0.29, 0.717) is 0 Å². The molecule has 1 fully saturated rings. The van der Waals surface area contributed by atoms with Gasteiger partial charge in [-0.3, -0.25) is 9.59 Å². The van der Waals surface area contributed by atoms with E-state index in [1.807, 2.05) is 0 Å². The second-order valence-corrected chi connectivity index (χ2v) is 4.63. The Balaban J connectivity index is 2.34. The lowest BCUT2D eigenvalue weighted by Crippen LogP contribution is -2.26. The van der Waals surface area contributed by atoms with Gasteiger partial charge in [-0.2, -0.15) is 13.2 Å². The van der Waals surface area contributed by atoms with E-state index >= 15 is 0 Å².